The molecule has 2 aliphatic rings. The predicted molar refractivity (Wildman–Crippen MR) is 82.9 cm³/mol. The molecule has 106 valence electrons. The lowest BCUT2D eigenvalue weighted by atomic mass is 9.89. The Morgan fingerprint density at radius 3 is 2.70 bits per heavy atom. The van der Waals surface area contributed by atoms with Gasteiger partial charge >= 0.3 is 5.97 Å². The number of halogens is 2. The molecule has 2 aliphatic heterocycles. The summed E-state index contributed by atoms with van der Waals surface area (Å²) in [6, 6.07) is 5.13. The second-order valence-electron chi connectivity index (χ2n) is 5.32. The molecule has 2 saturated heterocycles. The van der Waals surface area contributed by atoms with E-state index in [1.165, 1.54) is 0 Å². The van der Waals surface area contributed by atoms with Gasteiger partial charge in [-0.15, -0.1) is 0 Å². The molecule has 1 aromatic carbocycles. The second kappa shape index (κ2) is 5.18. The van der Waals surface area contributed by atoms with Crippen LogP contribution in [0.25, 0.3) is 0 Å². The lowest BCUT2D eigenvalue weighted by Crippen LogP contribution is -2.37. The Morgan fingerprint density at radius 2 is 2.10 bits per heavy atom. The van der Waals surface area contributed by atoms with Gasteiger partial charge < -0.3 is 10.0 Å². The van der Waals surface area contributed by atoms with Gasteiger partial charge in [-0.2, -0.15) is 0 Å². The number of nitrogens with zero attached hydrogens (tertiary/aromatic N) is 1. The number of carbonyl (C=O) groups excluding carboxylic acids is 1. The molecule has 2 bridgehead atoms. The quantitative estimate of drug-likeness (QED) is 0.770. The molecule has 1 aromatic rings. The summed E-state index contributed by atoms with van der Waals surface area (Å²) in [5.41, 5.74) is 0.540. The molecule has 1 amide bonds. The van der Waals surface area contributed by atoms with Crippen LogP contribution in [0.2, 0.25) is 5.02 Å². The van der Waals surface area contributed by atoms with Gasteiger partial charge in [-0.05, 0) is 60.1 Å². The molecule has 3 atom stereocenters. The Balaban J connectivity index is 1.88. The van der Waals surface area contributed by atoms with Gasteiger partial charge in [0.1, 0.15) is 0 Å². The van der Waals surface area contributed by atoms with E-state index in [1.807, 2.05) is 6.07 Å². The van der Waals surface area contributed by atoms with Crippen LogP contribution in [0, 0.1) is 9.49 Å². The van der Waals surface area contributed by atoms with Crippen molar-refractivity contribution < 1.29 is 14.7 Å². The van der Waals surface area contributed by atoms with E-state index in [4.69, 9.17) is 11.6 Å². The first-order chi connectivity index (χ1) is 9.49. The monoisotopic (exact) mass is 405 g/mol. The number of carbonyl (C=O) groups is 2. The number of rotatable bonds is 2. The number of amides is 1. The highest BCUT2D eigenvalue weighted by Gasteiger charge is 2.51. The van der Waals surface area contributed by atoms with Gasteiger partial charge in [-0.25, -0.2) is 0 Å². The Hall–Kier alpha value is -0.820. The van der Waals surface area contributed by atoms with Crippen molar-refractivity contribution in [1.82, 2.24) is 4.90 Å². The van der Waals surface area contributed by atoms with Gasteiger partial charge in [0, 0.05) is 21.2 Å². The molecule has 20 heavy (non-hydrogen) atoms. The van der Waals surface area contributed by atoms with Gasteiger partial charge in [-0.3, -0.25) is 9.59 Å². The van der Waals surface area contributed by atoms with Crippen LogP contribution in [0.1, 0.15) is 29.6 Å². The summed E-state index contributed by atoms with van der Waals surface area (Å²) in [6.45, 7) is 0. The van der Waals surface area contributed by atoms with E-state index in [0.717, 1.165) is 16.4 Å². The zero-order valence-electron chi connectivity index (χ0n) is 10.6. The van der Waals surface area contributed by atoms with E-state index >= 15 is 0 Å². The normalized spacial score (nSPS) is 27.9. The number of hydrogen-bond acceptors (Lipinski definition) is 2. The topological polar surface area (TPSA) is 57.6 Å². The molecule has 2 heterocycles. The lowest BCUT2D eigenvalue weighted by Gasteiger charge is -2.23. The van der Waals surface area contributed by atoms with Gasteiger partial charge in [-0.1, -0.05) is 11.6 Å². The van der Waals surface area contributed by atoms with Crippen LogP contribution in [-0.4, -0.2) is 34.0 Å². The number of fused-ring (bicyclic) bond motifs is 2. The van der Waals surface area contributed by atoms with Crippen molar-refractivity contribution in [3.8, 4) is 0 Å². The van der Waals surface area contributed by atoms with Crippen LogP contribution in [0.15, 0.2) is 18.2 Å². The average Bonchev–Trinajstić information content (AvgIpc) is 2.98. The predicted octanol–water partition coefficient (Wildman–Crippen LogP) is 3.02. The Kier molecular flexibility index (Phi) is 3.66. The highest BCUT2D eigenvalue weighted by atomic mass is 127. The van der Waals surface area contributed by atoms with Crippen molar-refractivity contribution in [1.29, 1.82) is 0 Å². The lowest BCUT2D eigenvalue weighted by molar-refractivity contribution is -0.142. The van der Waals surface area contributed by atoms with Crippen LogP contribution in [0.4, 0.5) is 0 Å². The molecule has 4 nitrogen and oxygen atoms in total. The van der Waals surface area contributed by atoms with Crippen molar-refractivity contribution in [3.63, 3.8) is 0 Å². The van der Waals surface area contributed by atoms with Crippen molar-refractivity contribution in [2.45, 2.75) is 31.3 Å². The summed E-state index contributed by atoms with van der Waals surface area (Å²) >= 11 is 8.17. The summed E-state index contributed by atoms with van der Waals surface area (Å²) in [6.07, 6.45) is 2.26. The van der Waals surface area contributed by atoms with Crippen LogP contribution in [-0.2, 0) is 4.79 Å². The molecule has 2 fully saturated rings. The van der Waals surface area contributed by atoms with E-state index < -0.39 is 11.9 Å². The molecule has 0 aliphatic carbocycles. The molecule has 3 unspecified atom stereocenters. The van der Waals surface area contributed by atoms with Gasteiger partial charge in [0.25, 0.3) is 5.91 Å². The fourth-order valence-electron chi connectivity index (χ4n) is 3.35. The van der Waals surface area contributed by atoms with E-state index in [9.17, 15) is 14.7 Å². The first-order valence-corrected chi connectivity index (χ1v) is 7.95. The smallest absolute Gasteiger partial charge is 0.308 e. The number of carboxylic acid groups (broad SMARTS) is 1. The molecular formula is C14H13ClINO3. The number of hydrogen-bond donors (Lipinski definition) is 1. The SMILES string of the molecule is O=C(O)C1CC2CCC1N2C(=O)c1ccc(I)c(Cl)c1. The molecule has 1 N–H and O–H groups in total. The molecule has 0 spiro atoms. The Morgan fingerprint density at radius 1 is 1.35 bits per heavy atom. The largest absolute Gasteiger partial charge is 0.481 e. The van der Waals surface area contributed by atoms with E-state index in [1.54, 1.807) is 17.0 Å². The first-order valence-electron chi connectivity index (χ1n) is 6.49. The highest BCUT2D eigenvalue weighted by Crippen LogP contribution is 2.42. The van der Waals surface area contributed by atoms with Crippen LogP contribution in [0.3, 0.4) is 0 Å². The number of benzene rings is 1. The number of carboxylic acids is 1. The molecule has 0 saturated carbocycles. The summed E-state index contributed by atoms with van der Waals surface area (Å²) < 4.78 is 0.897. The van der Waals surface area contributed by atoms with Crippen LogP contribution in [0.5, 0.6) is 0 Å². The van der Waals surface area contributed by atoms with Crippen molar-refractivity contribution in [2.24, 2.45) is 5.92 Å². The molecule has 6 heteroatoms. The van der Waals surface area contributed by atoms with Crippen LogP contribution >= 0.6 is 34.2 Å². The third kappa shape index (κ3) is 2.20. The second-order valence-corrected chi connectivity index (χ2v) is 6.89. The van der Waals surface area contributed by atoms with Crippen molar-refractivity contribution >= 4 is 46.1 Å². The standard InChI is InChI=1S/C14H13ClINO3/c15-10-5-7(1-3-11(10)16)13(18)17-8-2-4-12(17)9(6-8)14(19)20/h1,3,5,8-9,12H,2,4,6H2,(H,19,20). The maximum absolute atomic E-state index is 12.6. The summed E-state index contributed by atoms with van der Waals surface area (Å²) in [5, 5.41) is 9.78. The van der Waals surface area contributed by atoms with Gasteiger partial charge in [0.2, 0.25) is 0 Å². The highest BCUT2D eigenvalue weighted by molar-refractivity contribution is 14.1. The average molecular weight is 406 g/mol. The third-order valence-electron chi connectivity index (χ3n) is 4.26. The zero-order valence-corrected chi connectivity index (χ0v) is 13.5. The van der Waals surface area contributed by atoms with Gasteiger partial charge in [0.15, 0.2) is 0 Å². The Labute approximate surface area is 135 Å². The minimum absolute atomic E-state index is 0.0617. The zero-order chi connectivity index (χ0) is 14.4. The summed E-state index contributed by atoms with van der Waals surface area (Å²) in [5.74, 6) is -1.31. The first kappa shape index (κ1) is 14.1. The molecule has 0 radical (unpaired) electrons. The molecule has 0 aromatic heterocycles. The van der Waals surface area contributed by atoms with Crippen molar-refractivity contribution in [3.05, 3.63) is 32.4 Å². The Bertz CT molecular complexity index is 592. The van der Waals surface area contributed by atoms with E-state index in [0.29, 0.717) is 17.0 Å². The maximum atomic E-state index is 12.6. The number of aliphatic carboxylic acids is 1. The fraction of sp³-hybridized carbons (Fsp3) is 0.429. The summed E-state index contributed by atoms with van der Waals surface area (Å²) in [4.78, 5) is 25.6. The van der Waals surface area contributed by atoms with E-state index in [2.05, 4.69) is 22.6 Å². The van der Waals surface area contributed by atoms with Crippen molar-refractivity contribution in [2.75, 3.05) is 0 Å². The van der Waals surface area contributed by atoms with Gasteiger partial charge in [0.05, 0.1) is 10.9 Å². The van der Waals surface area contributed by atoms with Crippen LogP contribution < -0.4 is 0 Å². The third-order valence-corrected chi connectivity index (χ3v) is 5.83. The minimum atomic E-state index is -0.796. The minimum Gasteiger partial charge on any atom is -0.481 e. The van der Waals surface area contributed by atoms with E-state index in [-0.39, 0.29) is 18.0 Å². The molecular weight excluding hydrogens is 393 g/mol. The molecule has 3 rings (SSSR count). The maximum Gasteiger partial charge on any atom is 0.308 e. The summed E-state index contributed by atoms with van der Waals surface area (Å²) in [7, 11) is 0. The fourth-order valence-corrected chi connectivity index (χ4v) is 3.86.